The maximum Gasteiger partial charge on any atom is 0.124 e. The van der Waals surface area contributed by atoms with Gasteiger partial charge in [0.1, 0.15) is 23.7 Å². The van der Waals surface area contributed by atoms with E-state index in [1.54, 1.807) is 12.1 Å². The number of hydrogen-bond donors (Lipinski definition) is 0. The van der Waals surface area contributed by atoms with Gasteiger partial charge in [0.05, 0.1) is 11.4 Å². The van der Waals surface area contributed by atoms with Crippen molar-refractivity contribution in [3.05, 3.63) is 58.7 Å². The van der Waals surface area contributed by atoms with Crippen LogP contribution >= 0.6 is 0 Å². The van der Waals surface area contributed by atoms with Crippen LogP contribution in [0.5, 0.6) is 11.5 Å². The first-order valence-electron chi connectivity index (χ1n) is 11.0. The quantitative estimate of drug-likeness (QED) is 0.761. The molecule has 0 N–H and O–H groups in total. The van der Waals surface area contributed by atoms with Gasteiger partial charge in [0.25, 0.3) is 0 Å². The van der Waals surface area contributed by atoms with Gasteiger partial charge in [0, 0.05) is 22.1 Å². The number of rotatable bonds is 2. The lowest BCUT2D eigenvalue weighted by atomic mass is 9.56. The second-order valence-electron chi connectivity index (χ2n) is 10.7. The van der Waals surface area contributed by atoms with Gasteiger partial charge in [0.2, 0.25) is 0 Å². The number of aromatic carboxylic acids is 1. The summed E-state index contributed by atoms with van der Waals surface area (Å²) in [6.07, 6.45) is 3.74. The summed E-state index contributed by atoms with van der Waals surface area (Å²) in [5, 5.41) is 11.2. The molecule has 2 heterocycles. The second-order valence-corrected chi connectivity index (χ2v) is 10.7. The molecule has 0 saturated heterocycles. The van der Waals surface area contributed by atoms with Gasteiger partial charge in [-0.3, -0.25) is 0 Å². The van der Waals surface area contributed by atoms with Crippen LogP contribution in [0.2, 0.25) is 0 Å². The van der Waals surface area contributed by atoms with Gasteiger partial charge in [-0.05, 0) is 62.1 Å². The minimum atomic E-state index is -1.18. The first-order chi connectivity index (χ1) is 14.1. The van der Waals surface area contributed by atoms with Crippen LogP contribution in [-0.2, 0) is 10.8 Å². The number of carboxylic acids is 1. The van der Waals surface area contributed by atoms with Crippen molar-refractivity contribution in [2.75, 3.05) is 6.61 Å². The highest BCUT2D eigenvalue weighted by Gasteiger charge is 2.73. The van der Waals surface area contributed by atoms with Crippen molar-refractivity contribution in [3.8, 4) is 11.5 Å². The SMILES string of the molecule is CC1(c2ccc3c(c2)C2(C)C4(C)CCC(C4)C2(C)O3)COc2cc(C(=O)[O-])ccc21. The number of carbonyl (C=O) groups is 1. The highest BCUT2D eigenvalue weighted by molar-refractivity contribution is 5.86. The van der Waals surface area contributed by atoms with Gasteiger partial charge in [0.15, 0.2) is 0 Å². The molecule has 2 aliphatic carbocycles. The van der Waals surface area contributed by atoms with Crippen LogP contribution in [-0.4, -0.2) is 18.2 Å². The molecule has 5 unspecified atom stereocenters. The molecule has 0 amide bonds. The minimum Gasteiger partial charge on any atom is -0.545 e. The van der Waals surface area contributed by atoms with Crippen LogP contribution in [0.15, 0.2) is 36.4 Å². The van der Waals surface area contributed by atoms with E-state index in [-0.39, 0.29) is 27.4 Å². The molecular formula is C26H27O4-. The van der Waals surface area contributed by atoms with E-state index in [0.29, 0.717) is 18.3 Å². The average Bonchev–Trinajstić information content (AvgIpc) is 3.39. The number of carbonyl (C=O) groups excluding carboxylic acids is 1. The Morgan fingerprint density at radius 1 is 1.03 bits per heavy atom. The van der Waals surface area contributed by atoms with Gasteiger partial charge in [-0.25, -0.2) is 0 Å². The summed E-state index contributed by atoms with van der Waals surface area (Å²) >= 11 is 0. The Labute approximate surface area is 177 Å². The first kappa shape index (κ1) is 18.3. The Morgan fingerprint density at radius 3 is 2.60 bits per heavy atom. The highest BCUT2D eigenvalue weighted by Crippen LogP contribution is 2.73. The Balaban J connectivity index is 1.48. The Morgan fingerprint density at radius 2 is 1.83 bits per heavy atom. The molecule has 2 bridgehead atoms. The molecule has 0 spiro atoms. The third-order valence-corrected chi connectivity index (χ3v) is 9.53. The van der Waals surface area contributed by atoms with Crippen molar-refractivity contribution in [1.82, 2.24) is 0 Å². The molecule has 2 aromatic carbocycles. The third kappa shape index (κ3) is 1.83. The lowest BCUT2D eigenvalue weighted by molar-refractivity contribution is -0.255. The summed E-state index contributed by atoms with van der Waals surface area (Å²) in [6, 6.07) is 11.7. The van der Waals surface area contributed by atoms with Gasteiger partial charge in [-0.15, -0.1) is 0 Å². The number of benzene rings is 2. The summed E-state index contributed by atoms with van der Waals surface area (Å²) in [4.78, 5) is 11.2. The Kier molecular flexibility index (Phi) is 3.18. The first-order valence-corrected chi connectivity index (χ1v) is 11.0. The Hall–Kier alpha value is -2.49. The summed E-state index contributed by atoms with van der Waals surface area (Å²) < 4.78 is 12.6. The Bertz CT molecular complexity index is 1120. The minimum absolute atomic E-state index is 0.00819. The third-order valence-electron chi connectivity index (χ3n) is 9.53. The monoisotopic (exact) mass is 403 g/mol. The van der Waals surface area contributed by atoms with E-state index < -0.39 is 5.97 Å². The standard InChI is InChI=1S/C26H28O4/c1-23-10-9-17(13-23)26(4)25(23,3)19-12-16(6-8-20(19)30-26)24(2)14-29-21-11-15(22(27)28)5-7-18(21)24/h5-8,11-12,17H,9-10,13-14H2,1-4H3,(H,27,28)/p-1. The van der Waals surface area contributed by atoms with Gasteiger partial charge in [-0.2, -0.15) is 0 Å². The van der Waals surface area contributed by atoms with Crippen molar-refractivity contribution in [2.24, 2.45) is 11.3 Å². The van der Waals surface area contributed by atoms with Crippen LogP contribution in [0.4, 0.5) is 0 Å². The molecule has 4 heteroatoms. The van der Waals surface area contributed by atoms with Gasteiger partial charge < -0.3 is 19.4 Å². The fourth-order valence-corrected chi connectivity index (χ4v) is 7.30. The highest BCUT2D eigenvalue weighted by atomic mass is 16.5. The number of carboxylic acid groups (broad SMARTS) is 1. The van der Waals surface area contributed by atoms with E-state index >= 15 is 0 Å². The van der Waals surface area contributed by atoms with Crippen LogP contribution < -0.4 is 14.6 Å². The molecule has 4 aliphatic rings. The summed E-state index contributed by atoms with van der Waals surface area (Å²) in [6.45, 7) is 9.85. The summed E-state index contributed by atoms with van der Waals surface area (Å²) in [5.74, 6) is 1.09. The molecule has 0 radical (unpaired) electrons. The van der Waals surface area contributed by atoms with E-state index in [1.807, 2.05) is 6.07 Å². The van der Waals surface area contributed by atoms with E-state index in [4.69, 9.17) is 9.47 Å². The smallest absolute Gasteiger partial charge is 0.124 e. The number of fused-ring (bicyclic) bond motifs is 8. The molecule has 30 heavy (non-hydrogen) atoms. The molecule has 5 atom stereocenters. The van der Waals surface area contributed by atoms with Crippen molar-refractivity contribution in [1.29, 1.82) is 0 Å². The van der Waals surface area contributed by atoms with E-state index in [9.17, 15) is 9.90 Å². The largest absolute Gasteiger partial charge is 0.545 e. The number of hydrogen-bond acceptors (Lipinski definition) is 4. The molecule has 0 aromatic heterocycles. The predicted molar refractivity (Wildman–Crippen MR) is 111 cm³/mol. The number of ether oxygens (including phenoxy) is 2. The topological polar surface area (TPSA) is 58.6 Å². The summed E-state index contributed by atoms with van der Waals surface area (Å²) in [7, 11) is 0. The lowest BCUT2D eigenvalue weighted by Crippen LogP contribution is -2.54. The fraction of sp³-hybridized carbons (Fsp3) is 0.500. The van der Waals surface area contributed by atoms with E-state index in [1.165, 1.54) is 30.4 Å². The molecular weight excluding hydrogens is 376 g/mol. The summed E-state index contributed by atoms with van der Waals surface area (Å²) in [5.41, 5.74) is 3.47. The van der Waals surface area contributed by atoms with E-state index in [2.05, 4.69) is 45.9 Å². The van der Waals surface area contributed by atoms with Crippen LogP contribution in [0.1, 0.15) is 74.0 Å². The molecule has 2 aliphatic heterocycles. The maximum atomic E-state index is 11.2. The van der Waals surface area contributed by atoms with Crippen molar-refractivity contribution in [3.63, 3.8) is 0 Å². The van der Waals surface area contributed by atoms with E-state index in [0.717, 1.165) is 11.3 Å². The zero-order valence-corrected chi connectivity index (χ0v) is 18.0. The average molecular weight is 403 g/mol. The second kappa shape index (κ2) is 5.22. The van der Waals surface area contributed by atoms with Crippen LogP contribution in [0, 0.1) is 11.3 Å². The molecule has 2 fully saturated rings. The fourth-order valence-electron chi connectivity index (χ4n) is 7.30. The van der Waals surface area contributed by atoms with Crippen molar-refractivity contribution in [2.45, 2.75) is 63.4 Å². The molecule has 2 saturated carbocycles. The lowest BCUT2D eigenvalue weighted by Gasteiger charge is -2.48. The maximum absolute atomic E-state index is 11.2. The van der Waals surface area contributed by atoms with Crippen molar-refractivity contribution < 1.29 is 19.4 Å². The zero-order valence-electron chi connectivity index (χ0n) is 18.0. The van der Waals surface area contributed by atoms with Crippen LogP contribution in [0.3, 0.4) is 0 Å². The predicted octanol–water partition coefficient (Wildman–Crippen LogP) is 3.98. The van der Waals surface area contributed by atoms with Gasteiger partial charge >= 0.3 is 0 Å². The molecule has 2 aromatic rings. The normalized spacial score (nSPS) is 39.8. The van der Waals surface area contributed by atoms with Crippen molar-refractivity contribution >= 4 is 5.97 Å². The van der Waals surface area contributed by atoms with Crippen LogP contribution in [0.25, 0.3) is 0 Å². The molecule has 156 valence electrons. The van der Waals surface area contributed by atoms with Gasteiger partial charge in [-0.1, -0.05) is 38.1 Å². The molecule has 6 rings (SSSR count). The zero-order chi connectivity index (χ0) is 21.1. The molecule has 4 nitrogen and oxygen atoms in total.